The molecule has 1 spiro atoms. The highest BCUT2D eigenvalue weighted by molar-refractivity contribution is 7.88. The van der Waals surface area contributed by atoms with Gasteiger partial charge < -0.3 is 9.80 Å². The number of hydrogen-bond donors (Lipinski definition) is 1. The molecule has 1 unspecified atom stereocenters. The molecule has 8 heteroatoms. The summed E-state index contributed by atoms with van der Waals surface area (Å²) in [4.78, 5) is 17.7. The highest BCUT2D eigenvalue weighted by Crippen LogP contribution is 2.35. The fraction of sp³-hybridized carbons (Fsp3) is 0.536. The minimum atomic E-state index is -3.22. The van der Waals surface area contributed by atoms with Crippen molar-refractivity contribution in [2.24, 2.45) is 0 Å². The number of amides is 1. The summed E-state index contributed by atoms with van der Waals surface area (Å²) in [6.45, 7) is 11.5. The summed E-state index contributed by atoms with van der Waals surface area (Å²) in [6, 6.07) is 19.7. The molecule has 2 aliphatic heterocycles. The Balaban J connectivity index is 0.000000454. The number of benzene rings is 2. The van der Waals surface area contributed by atoms with Crippen LogP contribution in [0.5, 0.6) is 0 Å². The molecule has 1 amide bonds. The second-order valence-electron chi connectivity index (χ2n) is 9.61. The molecule has 7 nitrogen and oxygen atoms in total. The summed E-state index contributed by atoms with van der Waals surface area (Å²) < 4.78 is 25.4. The van der Waals surface area contributed by atoms with Crippen LogP contribution in [0.2, 0.25) is 0 Å². The van der Waals surface area contributed by atoms with Crippen molar-refractivity contribution in [3.05, 3.63) is 71.8 Å². The van der Waals surface area contributed by atoms with E-state index < -0.39 is 15.7 Å². The smallest absolute Gasteiger partial charge is 0.241 e. The zero-order chi connectivity index (χ0) is 26.2. The second-order valence-corrected chi connectivity index (χ2v) is 11.6. The Morgan fingerprint density at radius 2 is 1.39 bits per heavy atom. The molecule has 1 N–H and O–H groups in total. The molecule has 2 aromatic rings. The lowest BCUT2D eigenvalue weighted by molar-refractivity contribution is -0.134. The first kappa shape index (κ1) is 28.3. The first-order chi connectivity index (χ1) is 17.2. The molecule has 0 radical (unpaired) electrons. The molecule has 2 fully saturated rings. The lowest BCUT2D eigenvalue weighted by atomic mass is 9.96. The van der Waals surface area contributed by atoms with Gasteiger partial charge in [0.15, 0.2) is 0 Å². The van der Waals surface area contributed by atoms with E-state index in [2.05, 4.69) is 31.0 Å². The lowest BCUT2D eigenvalue weighted by Crippen LogP contribution is -2.59. The van der Waals surface area contributed by atoms with E-state index in [1.54, 1.807) is 0 Å². The number of hydrogen-bond acceptors (Lipinski definition) is 5. The Labute approximate surface area is 217 Å². The van der Waals surface area contributed by atoms with Gasteiger partial charge in [0, 0.05) is 19.6 Å². The predicted octanol–water partition coefficient (Wildman–Crippen LogP) is 3.33. The molecule has 2 aromatic carbocycles. The van der Waals surface area contributed by atoms with Gasteiger partial charge in [-0.05, 0) is 50.0 Å². The molecular formula is C28H42N4O3S. The SMILES string of the molecule is CCN(CC)CC.CS(=O)(=O)N1CCC2(CC1)NC(Cc1ccccc1)C(=O)N2Cc1ccccc1. The zero-order valence-corrected chi connectivity index (χ0v) is 23.0. The molecule has 0 aliphatic carbocycles. The van der Waals surface area contributed by atoms with Crippen LogP contribution in [0.3, 0.4) is 0 Å². The highest BCUT2D eigenvalue weighted by atomic mass is 32.2. The Bertz CT molecular complexity index is 1050. The van der Waals surface area contributed by atoms with Crippen molar-refractivity contribution in [2.75, 3.05) is 39.0 Å². The topological polar surface area (TPSA) is 73.0 Å². The van der Waals surface area contributed by atoms with Crippen LogP contribution >= 0.6 is 0 Å². The molecule has 2 saturated heterocycles. The van der Waals surface area contributed by atoms with Gasteiger partial charge in [0.05, 0.1) is 18.0 Å². The van der Waals surface area contributed by atoms with Crippen molar-refractivity contribution in [3.8, 4) is 0 Å². The summed E-state index contributed by atoms with van der Waals surface area (Å²) >= 11 is 0. The first-order valence-electron chi connectivity index (χ1n) is 13.1. The summed E-state index contributed by atoms with van der Waals surface area (Å²) in [6.07, 6.45) is 3.05. The summed E-state index contributed by atoms with van der Waals surface area (Å²) in [5, 5.41) is 3.60. The van der Waals surface area contributed by atoms with Crippen LogP contribution in [0.4, 0.5) is 0 Å². The van der Waals surface area contributed by atoms with E-state index in [4.69, 9.17) is 0 Å². The van der Waals surface area contributed by atoms with Crippen molar-refractivity contribution >= 4 is 15.9 Å². The molecule has 4 rings (SSSR count). The summed E-state index contributed by atoms with van der Waals surface area (Å²) in [5.41, 5.74) is 1.68. The highest BCUT2D eigenvalue weighted by Gasteiger charge is 2.51. The van der Waals surface area contributed by atoms with Gasteiger partial charge in [0.25, 0.3) is 0 Å². The van der Waals surface area contributed by atoms with Crippen molar-refractivity contribution in [1.82, 2.24) is 19.4 Å². The van der Waals surface area contributed by atoms with E-state index in [1.165, 1.54) is 30.2 Å². The van der Waals surface area contributed by atoms with Crippen molar-refractivity contribution < 1.29 is 13.2 Å². The standard InChI is InChI=1S/C22H27N3O3S.C6H15N/c1-29(27,28)24-14-12-22(13-15-24)23-20(16-18-8-4-2-5-9-18)21(26)25(22)17-19-10-6-3-7-11-19;1-4-7(5-2)6-3/h2-11,20,23H,12-17H2,1H3;4-6H2,1-3H3. The number of nitrogens with one attached hydrogen (secondary N) is 1. The van der Waals surface area contributed by atoms with E-state index in [0.717, 1.165) is 11.1 Å². The van der Waals surface area contributed by atoms with E-state index in [1.807, 2.05) is 65.6 Å². The largest absolute Gasteiger partial charge is 0.319 e. The lowest BCUT2D eigenvalue weighted by Gasteiger charge is -2.44. The fourth-order valence-corrected chi connectivity index (χ4v) is 5.97. The number of rotatable bonds is 8. The predicted molar refractivity (Wildman–Crippen MR) is 146 cm³/mol. The molecule has 0 saturated carbocycles. The van der Waals surface area contributed by atoms with Crippen LogP contribution in [0.1, 0.15) is 44.7 Å². The Morgan fingerprint density at radius 3 is 1.83 bits per heavy atom. The number of piperidine rings is 1. The van der Waals surface area contributed by atoms with Gasteiger partial charge in [0.1, 0.15) is 0 Å². The zero-order valence-electron chi connectivity index (χ0n) is 22.2. The normalized spacial score (nSPS) is 20.0. The van der Waals surface area contributed by atoms with E-state index in [-0.39, 0.29) is 11.9 Å². The number of nitrogens with zero attached hydrogens (tertiary/aromatic N) is 3. The Kier molecular flexibility index (Phi) is 10.1. The molecule has 2 aliphatic rings. The molecule has 0 bridgehead atoms. The molecule has 1 atom stereocenters. The van der Waals surface area contributed by atoms with Gasteiger partial charge in [-0.25, -0.2) is 12.7 Å². The maximum Gasteiger partial charge on any atom is 0.241 e. The summed E-state index contributed by atoms with van der Waals surface area (Å²) in [7, 11) is -3.22. The van der Waals surface area contributed by atoms with E-state index in [9.17, 15) is 13.2 Å². The van der Waals surface area contributed by atoms with Gasteiger partial charge >= 0.3 is 0 Å². The third-order valence-electron chi connectivity index (χ3n) is 7.35. The van der Waals surface area contributed by atoms with Crippen LogP contribution in [-0.2, 0) is 27.8 Å². The molecule has 0 aromatic heterocycles. The number of carbonyl (C=O) groups excluding carboxylic acids is 1. The molecule has 36 heavy (non-hydrogen) atoms. The number of sulfonamides is 1. The Hall–Kier alpha value is -2.26. The van der Waals surface area contributed by atoms with Gasteiger partial charge in [-0.2, -0.15) is 0 Å². The monoisotopic (exact) mass is 514 g/mol. The van der Waals surface area contributed by atoms with Gasteiger partial charge in [-0.15, -0.1) is 0 Å². The fourth-order valence-electron chi connectivity index (χ4n) is 5.12. The molecule has 198 valence electrons. The first-order valence-corrected chi connectivity index (χ1v) is 14.9. The minimum absolute atomic E-state index is 0.0884. The maximum absolute atomic E-state index is 13.4. The maximum atomic E-state index is 13.4. The average Bonchev–Trinajstić information content (AvgIpc) is 3.11. The average molecular weight is 515 g/mol. The van der Waals surface area contributed by atoms with Crippen LogP contribution in [0.25, 0.3) is 0 Å². The van der Waals surface area contributed by atoms with Crippen LogP contribution in [0.15, 0.2) is 60.7 Å². The van der Waals surface area contributed by atoms with Crippen molar-refractivity contribution in [3.63, 3.8) is 0 Å². The van der Waals surface area contributed by atoms with E-state index >= 15 is 0 Å². The van der Waals surface area contributed by atoms with Crippen LogP contribution < -0.4 is 5.32 Å². The van der Waals surface area contributed by atoms with E-state index in [0.29, 0.717) is 38.9 Å². The quantitative estimate of drug-likeness (QED) is 0.585. The number of carbonyl (C=O) groups is 1. The summed E-state index contributed by atoms with van der Waals surface area (Å²) in [5.74, 6) is 0.0884. The molecule has 2 heterocycles. The van der Waals surface area contributed by atoms with Gasteiger partial charge in [-0.3, -0.25) is 10.1 Å². The van der Waals surface area contributed by atoms with Gasteiger partial charge in [0.2, 0.25) is 15.9 Å². The molecular weight excluding hydrogens is 472 g/mol. The van der Waals surface area contributed by atoms with Crippen LogP contribution in [-0.4, -0.2) is 79.1 Å². The Morgan fingerprint density at radius 1 is 0.889 bits per heavy atom. The third kappa shape index (κ3) is 7.16. The van der Waals surface area contributed by atoms with Crippen molar-refractivity contribution in [2.45, 2.75) is 58.3 Å². The van der Waals surface area contributed by atoms with Crippen LogP contribution in [0, 0.1) is 0 Å². The minimum Gasteiger partial charge on any atom is -0.319 e. The van der Waals surface area contributed by atoms with Gasteiger partial charge in [-0.1, -0.05) is 81.4 Å². The third-order valence-corrected chi connectivity index (χ3v) is 8.65. The van der Waals surface area contributed by atoms with Crippen molar-refractivity contribution in [1.29, 1.82) is 0 Å². The second kappa shape index (κ2) is 12.8.